The van der Waals surface area contributed by atoms with E-state index in [9.17, 15) is 9.90 Å². The summed E-state index contributed by atoms with van der Waals surface area (Å²) >= 11 is 0. The summed E-state index contributed by atoms with van der Waals surface area (Å²) in [7, 11) is 0. The predicted octanol–water partition coefficient (Wildman–Crippen LogP) is 2.73. The second-order valence-electron chi connectivity index (χ2n) is 6.16. The van der Waals surface area contributed by atoms with E-state index in [-0.39, 0.29) is 12.6 Å². The molecule has 1 atom stereocenters. The highest BCUT2D eigenvalue weighted by Crippen LogP contribution is 2.13. The van der Waals surface area contributed by atoms with Crippen LogP contribution in [0.5, 0.6) is 0 Å². The van der Waals surface area contributed by atoms with Gasteiger partial charge in [-0.05, 0) is 52.2 Å². The van der Waals surface area contributed by atoms with Crippen LogP contribution in [0, 0.1) is 13.8 Å². The normalized spacial score (nSPS) is 12.9. The second-order valence-corrected chi connectivity index (χ2v) is 6.16. The van der Waals surface area contributed by atoms with E-state index < -0.39 is 11.7 Å². The third kappa shape index (κ3) is 5.61. The maximum Gasteiger partial charge on any atom is 0.407 e. The minimum absolute atomic E-state index is 0.118. The van der Waals surface area contributed by atoms with Crippen LogP contribution in [0.1, 0.15) is 37.5 Å². The molecule has 4 nitrogen and oxygen atoms in total. The van der Waals surface area contributed by atoms with Crippen LogP contribution in [0.4, 0.5) is 4.79 Å². The first-order valence-electron chi connectivity index (χ1n) is 6.88. The molecule has 1 amide bonds. The number of ether oxygens (including phenoxy) is 1. The fourth-order valence-corrected chi connectivity index (χ4v) is 1.98. The monoisotopic (exact) mass is 279 g/mol. The molecule has 0 bridgehead atoms. The first-order chi connectivity index (χ1) is 9.21. The van der Waals surface area contributed by atoms with Crippen molar-refractivity contribution in [2.45, 2.75) is 52.7 Å². The van der Waals surface area contributed by atoms with Crippen molar-refractivity contribution in [2.75, 3.05) is 6.61 Å². The third-order valence-corrected chi connectivity index (χ3v) is 2.91. The van der Waals surface area contributed by atoms with Gasteiger partial charge in [-0.15, -0.1) is 0 Å². The minimum Gasteiger partial charge on any atom is -0.444 e. The van der Waals surface area contributed by atoms with Crippen LogP contribution in [-0.4, -0.2) is 29.4 Å². The number of benzene rings is 1. The third-order valence-electron chi connectivity index (χ3n) is 2.91. The topological polar surface area (TPSA) is 58.6 Å². The molecule has 0 saturated carbocycles. The molecular weight excluding hydrogens is 254 g/mol. The van der Waals surface area contributed by atoms with E-state index in [0.29, 0.717) is 6.42 Å². The number of carbonyl (C=O) groups is 1. The zero-order valence-electron chi connectivity index (χ0n) is 13.0. The molecule has 0 aliphatic rings. The van der Waals surface area contributed by atoms with Gasteiger partial charge in [0.25, 0.3) is 0 Å². The molecule has 0 fully saturated rings. The van der Waals surface area contributed by atoms with E-state index >= 15 is 0 Å². The molecule has 2 N–H and O–H groups in total. The van der Waals surface area contributed by atoms with Crippen molar-refractivity contribution in [1.29, 1.82) is 0 Å². The van der Waals surface area contributed by atoms with Crippen molar-refractivity contribution >= 4 is 6.09 Å². The van der Waals surface area contributed by atoms with Gasteiger partial charge >= 0.3 is 6.09 Å². The Kier molecular flexibility index (Phi) is 5.57. The largest absolute Gasteiger partial charge is 0.444 e. The summed E-state index contributed by atoms with van der Waals surface area (Å²) < 4.78 is 5.20. The Morgan fingerprint density at radius 2 is 2.00 bits per heavy atom. The summed E-state index contributed by atoms with van der Waals surface area (Å²) in [6.45, 7) is 9.38. The lowest BCUT2D eigenvalue weighted by molar-refractivity contribution is 0.0482. The van der Waals surface area contributed by atoms with E-state index in [1.807, 2.05) is 46.8 Å². The lowest BCUT2D eigenvalue weighted by atomic mass is 9.99. The Balaban J connectivity index is 2.65. The molecule has 0 aromatic heterocycles. The van der Waals surface area contributed by atoms with Crippen LogP contribution >= 0.6 is 0 Å². The molecule has 1 rings (SSSR count). The molecule has 0 aliphatic carbocycles. The van der Waals surface area contributed by atoms with Gasteiger partial charge in [-0.2, -0.15) is 0 Å². The van der Waals surface area contributed by atoms with Crippen molar-refractivity contribution in [3.05, 3.63) is 34.9 Å². The quantitative estimate of drug-likeness (QED) is 0.891. The maximum atomic E-state index is 11.7. The molecule has 0 spiro atoms. The zero-order valence-corrected chi connectivity index (χ0v) is 13.0. The second kappa shape index (κ2) is 6.75. The highest BCUT2D eigenvalue weighted by Gasteiger charge is 2.19. The highest BCUT2D eigenvalue weighted by atomic mass is 16.6. The average molecular weight is 279 g/mol. The fourth-order valence-electron chi connectivity index (χ4n) is 1.98. The Labute approximate surface area is 121 Å². The number of aryl methyl sites for hydroxylation is 2. The molecular formula is C16H25NO3. The average Bonchev–Trinajstić information content (AvgIpc) is 2.29. The van der Waals surface area contributed by atoms with Crippen LogP contribution in [0.3, 0.4) is 0 Å². The molecule has 4 heteroatoms. The zero-order chi connectivity index (χ0) is 15.3. The van der Waals surface area contributed by atoms with Crippen molar-refractivity contribution < 1.29 is 14.6 Å². The minimum atomic E-state index is -0.538. The Morgan fingerprint density at radius 3 is 2.50 bits per heavy atom. The van der Waals surface area contributed by atoms with Gasteiger partial charge in [-0.3, -0.25) is 0 Å². The molecule has 0 radical (unpaired) electrons. The van der Waals surface area contributed by atoms with Crippen molar-refractivity contribution in [3.63, 3.8) is 0 Å². The van der Waals surface area contributed by atoms with Crippen LogP contribution in [-0.2, 0) is 11.2 Å². The maximum absolute atomic E-state index is 11.7. The molecule has 20 heavy (non-hydrogen) atoms. The van der Waals surface area contributed by atoms with Crippen LogP contribution in [0.25, 0.3) is 0 Å². The van der Waals surface area contributed by atoms with E-state index in [2.05, 4.69) is 11.4 Å². The highest BCUT2D eigenvalue weighted by molar-refractivity contribution is 5.68. The SMILES string of the molecule is Cc1ccc(CC(CO)NC(=O)OC(C)(C)C)c(C)c1. The number of amides is 1. The van der Waals surface area contributed by atoms with Crippen molar-refractivity contribution in [3.8, 4) is 0 Å². The van der Waals surface area contributed by atoms with Crippen LogP contribution in [0.15, 0.2) is 18.2 Å². The molecule has 0 aliphatic heterocycles. The first kappa shape index (κ1) is 16.5. The Hall–Kier alpha value is -1.55. The summed E-state index contributed by atoms with van der Waals surface area (Å²) in [5.74, 6) is 0. The number of aliphatic hydroxyl groups is 1. The van der Waals surface area contributed by atoms with Gasteiger partial charge in [0.2, 0.25) is 0 Å². The molecule has 1 unspecified atom stereocenters. The van der Waals surface area contributed by atoms with E-state index in [4.69, 9.17) is 4.74 Å². The Bertz CT molecular complexity index is 463. The van der Waals surface area contributed by atoms with Gasteiger partial charge in [0.05, 0.1) is 12.6 Å². The van der Waals surface area contributed by atoms with Crippen LogP contribution in [0.2, 0.25) is 0 Å². The molecule has 112 valence electrons. The van der Waals surface area contributed by atoms with Gasteiger partial charge < -0.3 is 15.2 Å². The summed E-state index contributed by atoms with van der Waals surface area (Å²) in [6, 6.07) is 5.82. The first-order valence-corrected chi connectivity index (χ1v) is 6.88. The summed E-state index contributed by atoms with van der Waals surface area (Å²) in [5, 5.41) is 12.1. The smallest absolute Gasteiger partial charge is 0.407 e. The summed E-state index contributed by atoms with van der Waals surface area (Å²) in [5.41, 5.74) is 2.94. The molecule has 0 saturated heterocycles. The molecule has 1 aromatic rings. The van der Waals surface area contributed by atoms with E-state index in [1.165, 1.54) is 5.56 Å². The number of carbonyl (C=O) groups excluding carboxylic acids is 1. The number of hydrogen-bond acceptors (Lipinski definition) is 3. The van der Waals surface area contributed by atoms with Crippen molar-refractivity contribution in [1.82, 2.24) is 5.32 Å². The van der Waals surface area contributed by atoms with Gasteiger partial charge in [0, 0.05) is 0 Å². The molecule has 1 aromatic carbocycles. The van der Waals surface area contributed by atoms with E-state index in [1.54, 1.807) is 0 Å². The van der Waals surface area contributed by atoms with Gasteiger partial charge in [-0.25, -0.2) is 4.79 Å². The summed E-state index contributed by atoms with van der Waals surface area (Å²) in [4.78, 5) is 11.7. The lowest BCUT2D eigenvalue weighted by Gasteiger charge is -2.23. The standard InChI is InChI=1S/C16H25NO3/c1-11-6-7-13(12(2)8-11)9-14(10-18)17-15(19)20-16(3,4)5/h6-8,14,18H,9-10H2,1-5H3,(H,17,19). The van der Waals surface area contributed by atoms with Crippen molar-refractivity contribution in [2.24, 2.45) is 0 Å². The number of nitrogens with one attached hydrogen (secondary N) is 1. The molecule has 0 heterocycles. The van der Waals surface area contributed by atoms with Gasteiger partial charge in [0.15, 0.2) is 0 Å². The van der Waals surface area contributed by atoms with Gasteiger partial charge in [0.1, 0.15) is 5.60 Å². The fraction of sp³-hybridized carbons (Fsp3) is 0.562. The summed E-state index contributed by atoms with van der Waals surface area (Å²) in [6.07, 6.45) is 0.0864. The predicted molar refractivity (Wildman–Crippen MR) is 79.9 cm³/mol. The van der Waals surface area contributed by atoms with E-state index in [0.717, 1.165) is 11.1 Å². The van der Waals surface area contributed by atoms with Gasteiger partial charge in [-0.1, -0.05) is 23.8 Å². The number of alkyl carbamates (subject to hydrolysis) is 1. The number of aliphatic hydroxyl groups excluding tert-OH is 1. The lowest BCUT2D eigenvalue weighted by Crippen LogP contribution is -2.42. The Morgan fingerprint density at radius 1 is 1.35 bits per heavy atom. The number of hydrogen-bond donors (Lipinski definition) is 2. The van der Waals surface area contributed by atoms with Crippen LogP contribution < -0.4 is 5.32 Å². The number of rotatable bonds is 4.